The Bertz CT molecular complexity index is 1020. The molecule has 1 N–H and O–H groups in total. The van der Waals surface area contributed by atoms with Gasteiger partial charge in [0.1, 0.15) is 11.9 Å². The van der Waals surface area contributed by atoms with Crippen LogP contribution >= 0.6 is 0 Å². The van der Waals surface area contributed by atoms with Crippen molar-refractivity contribution in [2.24, 2.45) is 0 Å². The monoisotopic (exact) mass is 432 g/mol. The molecule has 0 saturated carbocycles. The van der Waals surface area contributed by atoms with E-state index in [0.29, 0.717) is 6.42 Å². The summed E-state index contributed by atoms with van der Waals surface area (Å²) in [6.45, 7) is 3.45. The number of benzene rings is 2. The summed E-state index contributed by atoms with van der Waals surface area (Å²) in [5.74, 6) is -1.16. The largest absolute Gasteiger partial charge is 0.347 e. The maximum Gasteiger partial charge on any atom is 0.244 e. The van der Waals surface area contributed by atoms with E-state index in [1.54, 1.807) is 6.07 Å². The van der Waals surface area contributed by atoms with Gasteiger partial charge >= 0.3 is 0 Å². The lowest BCUT2D eigenvalue weighted by Crippen LogP contribution is -2.49. The maximum absolute atomic E-state index is 14.3. The normalized spacial score (nSPS) is 15.7. The summed E-state index contributed by atoms with van der Waals surface area (Å²) in [7, 11) is -3.87. The average molecular weight is 433 g/mol. The number of sulfonamides is 1. The van der Waals surface area contributed by atoms with E-state index in [4.69, 9.17) is 0 Å². The highest BCUT2D eigenvalue weighted by Crippen LogP contribution is 2.27. The number of para-hydroxylation sites is 1. The van der Waals surface area contributed by atoms with Crippen molar-refractivity contribution >= 4 is 21.6 Å². The molecule has 30 heavy (non-hydrogen) atoms. The Morgan fingerprint density at radius 2 is 1.80 bits per heavy atom. The lowest BCUT2D eigenvalue weighted by molar-refractivity contribution is -0.122. The first-order valence-electron chi connectivity index (χ1n) is 10.4. The molecule has 0 aromatic heterocycles. The van der Waals surface area contributed by atoms with Crippen molar-refractivity contribution in [1.82, 2.24) is 5.32 Å². The van der Waals surface area contributed by atoms with Gasteiger partial charge in [0.15, 0.2) is 0 Å². The second kappa shape index (κ2) is 9.16. The van der Waals surface area contributed by atoms with E-state index < -0.39 is 27.8 Å². The molecule has 0 heterocycles. The topological polar surface area (TPSA) is 66.5 Å². The molecule has 1 amide bonds. The van der Waals surface area contributed by atoms with Gasteiger partial charge < -0.3 is 5.32 Å². The van der Waals surface area contributed by atoms with Crippen LogP contribution < -0.4 is 9.62 Å². The highest BCUT2D eigenvalue weighted by atomic mass is 32.2. The summed E-state index contributed by atoms with van der Waals surface area (Å²) >= 11 is 0. The van der Waals surface area contributed by atoms with Crippen LogP contribution in [0.2, 0.25) is 0 Å². The molecule has 3 rings (SSSR count). The average Bonchev–Trinajstić information content (AvgIpc) is 2.72. The van der Waals surface area contributed by atoms with Crippen LogP contribution in [0.25, 0.3) is 0 Å². The maximum atomic E-state index is 14.3. The van der Waals surface area contributed by atoms with Gasteiger partial charge in [0.05, 0.1) is 18.0 Å². The van der Waals surface area contributed by atoms with E-state index in [2.05, 4.69) is 17.4 Å². The smallest absolute Gasteiger partial charge is 0.244 e. The van der Waals surface area contributed by atoms with Crippen molar-refractivity contribution in [3.63, 3.8) is 0 Å². The second-order valence-corrected chi connectivity index (χ2v) is 9.75. The van der Waals surface area contributed by atoms with Crippen molar-refractivity contribution in [2.75, 3.05) is 10.6 Å². The van der Waals surface area contributed by atoms with Crippen molar-refractivity contribution in [2.45, 2.75) is 58.0 Å². The zero-order chi connectivity index (χ0) is 21.9. The van der Waals surface area contributed by atoms with Crippen LogP contribution in [0.15, 0.2) is 42.5 Å². The highest BCUT2D eigenvalue weighted by molar-refractivity contribution is 7.92. The third-order valence-corrected chi connectivity index (χ3v) is 6.91. The predicted molar refractivity (Wildman–Crippen MR) is 117 cm³/mol. The quantitative estimate of drug-likeness (QED) is 0.716. The van der Waals surface area contributed by atoms with Crippen LogP contribution in [0.3, 0.4) is 0 Å². The number of nitrogens with one attached hydrogen (secondary N) is 1. The zero-order valence-electron chi connectivity index (χ0n) is 17.7. The summed E-state index contributed by atoms with van der Waals surface area (Å²) in [6.07, 6.45) is 6.14. The number of hydrogen-bond acceptors (Lipinski definition) is 3. The molecule has 0 unspecified atom stereocenters. The van der Waals surface area contributed by atoms with E-state index in [1.807, 2.05) is 13.0 Å². The molecule has 5 nitrogen and oxygen atoms in total. The van der Waals surface area contributed by atoms with Crippen LogP contribution in [0, 0.1) is 5.82 Å². The number of carbonyl (C=O) groups excluding carboxylic acids is 1. The van der Waals surface area contributed by atoms with Gasteiger partial charge in [0, 0.05) is 0 Å². The molecular formula is C23H29FN2O3S. The number of amides is 1. The number of hydrogen-bond donors (Lipinski definition) is 1. The van der Waals surface area contributed by atoms with Crippen molar-refractivity contribution in [1.29, 1.82) is 0 Å². The van der Waals surface area contributed by atoms with E-state index >= 15 is 0 Å². The Balaban J connectivity index is 1.84. The number of rotatable bonds is 7. The number of aryl methyl sites for hydroxylation is 2. The molecule has 0 saturated heterocycles. The van der Waals surface area contributed by atoms with Gasteiger partial charge in [-0.05, 0) is 67.9 Å². The minimum Gasteiger partial charge on any atom is -0.347 e. The van der Waals surface area contributed by atoms with E-state index in [1.165, 1.54) is 49.1 Å². The molecule has 1 aliphatic rings. The molecule has 0 fully saturated rings. The van der Waals surface area contributed by atoms with Gasteiger partial charge in [-0.1, -0.05) is 37.3 Å². The minimum absolute atomic E-state index is 0.135. The Hall–Kier alpha value is -2.41. The molecular weight excluding hydrogens is 403 g/mol. The summed E-state index contributed by atoms with van der Waals surface area (Å²) < 4.78 is 39.9. The molecule has 0 aliphatic heterocycles. The van der Waals surface area contributed by atoms with Gasteiger partial charge in [-0.3, -0.25) is 9.10 Å². The molecule has 162 valence electrons. The van der Waals surface area contributed by atoms with Crippen LogP contribution in [-0.4, -0.2) is 26.6 Å². The van der Waals surface area contributed by atoms with E-state index in [0.717, 1.165) is 29.0 Å². The van der Waals surface area contributed by atoms with Gasteiger partial charge in [0.2, 0.25) is 15.9 Å². The molecule has 2 atom stereocenters. The van der Waals surface area contributed by atoms with E-state index in [9.17, 15) is 17.6 Å². The van der Waals surface area contributed by atoms with E-state index in [-0.39, 0.29) is 11.7 Å². The van der Waals surface area contributed by atoms with Crippen LogP contribution in [0.5, 0.6) is 0 Å². The third-order valence-electron chi connectivity index (χ3n) is 5.68. The Morgan fingerprint density at radius 1 is 1.13 bits per heavy atom. The first kappa shape index (κ1) is 22.3. The number of nitrogens with zero attached hydrogens (tertiary/aromatic N) is 1. The summed E-state index contributed by atoms with van der Waals surface area (Å²) in [4.78, 5) is 13.0. The standard InChI is InChI=1S/C23H29FN2O3S/c1-4-21(19-14-13-17-9-5-6-10-18(17)15-19)25-23(27)16(2)26(30(3,28)29)22-12-8-7-11-20(22)24/h7-8,11-16,21H,4-6,9-10H2,1-3H3,(H,25,27)/t16-,21+/m0/s1. The SMILES string of the molecule is CC[C@@H](NC(=O)[C@H](C)N(c1ccccc1F)S(C)(=O)=O)c1ccc2c(c1)CCCC2. The fraction of sp³-hybridized carbons (Fsp3) is 0.435. The first-order chi connectivity index (χ1) is 14.2. The minimum atomic E-state index is -3.87. The van der Waals surface area contributed by atoms with Crippen LogP contribution in [0.4, 0.5) is 10.1 Å². The number of carbonyl (C=O) groups is 1. The number of anilines is 1. The fourth-order valence-electron chi connectivity index (χ4n) is 4.09. The predicted octanol–water partition coefficient (Wildman–Crippen LogP) is 4.13. The third kappa shape index (κ3) is 4.83. The Labute approximate surface area is 178 Å². The lowest BCUT2D eigenvalue weighted by atomic mass is 9.88. The van der Waals surface area contributed by atoms with Gasteiger partial charge in [0.25, 0.3) is 0 Å². The molecule has 7 heteroatoms. The van der Waals surface area contributed by atoms with Crippen LogP contribution in [0.1, 0.15) is 55.8 Å². The molecule has 1 aliphatic carbocycles. The summed E-state index contributed by atoms with van der Waals surface area (Å²) in [5, 5.41) is 2.96. The molecule has 0 bridgehead atoms. The van der Waals surface area contributed by atoms with Crippen LogP contribution in [-0.2, 0) is 27.7 Å². The van der Waals surface area contributed by atoms with Crippen molar-refractivity contribution in [3.05, 3.63) is 65.0 Å². The summed E-state index contributed by atoms with van der Waals surface area (Å²) in [6, 6.07) is 10.5. The first-order valence-corrected chi connectivity index (χ1v) is 12.2. The number of fused-ring (bicyclic) bond motifs is 1. The number of halogens is 1. The zero-order valence-corrected chi connectivity index (χ0v) is 18.5. The van der Waals surface area contributed by atoms with Crippen molar-refractivity contribution in [3.8, 4) is 0 Å². The Kier molecular flexibility index (Phi) is 6.81. The van der Waals surface area contributed by atoms with Gasteiger partial charge in [-0.15, -0.1) is 0 Å². The second-order valence-electron chi connectivity index (χ2n) is 7.89. The van der Waals surface area contributed by atoms with Gasteiger partial charge in [-0.25, -0.2) is 12.8 Å². The molecule has 2 aromatic rings. The molecule has 0 spiro atoms. The highest BCUT2D eigenvalue weighted by Gasteiger charge is 2.32. The molecule has 2 aromatic carbocycles. The fourth-order valence-corrected chi connectivity index (χ4v) is 5.27. The summed E-state index contributed by atoms with van der Waals surface area (Å²) in [5.41, 5.74) is 3.56. The van der Waals surface area contributed by atoms with Crippen molar-refractivity contribution < 1.29 is 17.6 Å². The Morgan fingerprint density at radius 3 is 2.43 bits per heavy atom. The lowest BCUT2D eigenvalue weighted by Gasteiger charge is -2.30. The van der Waals surface area contributed by atoms with Gasteiger partial charge in [-0.2, -0.15) is 0 Å². The molecule has 0 radical (unpaired) electrons.